The van der Waals surface area contributed by atoms with Gasteiger partial charge in [0.2, 0.25) is 0 Å². The minimum atomic E-state index is -0.164. The quantitative estimate of drug-likeness (QED) is 0.468. The first-order valence-electron chi connectivity index (χ1n) is 11.3. The van der Waals surface area contributed by atoms with Crippen LogP contribution in [0.1, 0.15) is 53.9 Å². The molecular weight excluding hydrogens is 369 g/mol. The summed E-state index contributed by atoms with van der Waals surface area (Å²) in [6.45, 7) is 3.58. The summed E-state index contributed by atoms with van der Waals surface area (Å²) in [5, 5.41) is 0. The van der Waals surface area contributed by atoms with Gasteiger partial charge in [-0.2, -0.15) is 0 Å². The van der Waals surface area contributed by atoms with Gasteiger partial charge in [-0.25, -0.2) is 4.39 Å². The van der Waals surface area contributed by atoms with E-state index in [1.807, 2.05) is 12.1 Å². The van der Waals surface area contributed by atoms with Crippen LogP contribution >= 0.6 is 0 Å². The Labute approximate surface area is 179 Å². The normalized spacial score (nSPS) is 19.0. The SMILES string of the molecule is Fc1ccc(Cc2ccccc2C2CCN(CC3(c4ccccc4)CC3)CC2)cc1. The molecule has 0 atom stereocenters. The summed E-state index contributed by atoms with van der Waals surface area (Å²) >= 11 is 0. The maximum Gasteiger partial charge on any atom is 0.123 e. The van der Waals surface area contributed by atoms with Gasteiger partial charge in [0.05, 0.1) is 0 Å². The van der Waals surface area contributed by atoms with Crippen molar-refractivity contribution in [2.75, 3.05) is 19.6 Å². The third-order valence-corrected chi connectivity index (χ3v) is 7.16. The van der Waals surface area contributed by atoms with Crippen LogP contribution in [-0.4, -0.2) is 24.5 Å². The van der Waals surface area contributed by atoms with Gasteiger partial charge in [-0.3, -0.25) is 0 Å². The molecule has 3 aromatic carbocycles. The number of hydrogen-bond acceptors (Lipinski definition) is 1. The summed E-state index contributed by atoms with van der Waals surface area (Å²) in [5.41, 5.74) is 6.00. The Hall–Kier alpha value is -2.45. The third-order valence-electron chi connectivity index (χ3n) is 7.16. The van der Waals surface area contributed by atoms with Gasteiger partial charge in [-0.05, 0) is 85.5 Å². The molecule has 2 fully saturated rings. The Morgan fingerprint density at radius 2 is 1.47 bits per heavy atom. The second-order valence-corrected chi connectivity index (χ2v) is 9.20. The molecule has 1 heterocycles. The lowest BCUT2D eigenvalue weighted by Gasteiger charge is -2.35. The van der Waals surface area contributed by atoms with E-state index in [9.17, 15) is 4.39 Å². The lowest BCUT2D eigenvalue weighted by atomic mass is 9.84. The molecule has 1 nitrogen and oxygen atoms in total. The fourth-order valence-electron chi connectivity index (χ4n) is 5.23. The van der Waals surface area contributed by atoms with Crippen LogP contribution < -0.4 is 0 Å². The molecule has 5 rings (SSSR count). The number of likely N-dealkylation sites (tertiary alicyclic amines) is 1. The summed E-state index contributed by atoms with van der Waals surface area (Å²) in [5.74, 6) is 0.466. The van der Waals surface area contributed by atoms with Crippen molar-refractivity contribution in [1.82, 2.24) is 4.90 Å². The van der Waals surface area contributed by atoms with Gasteiger partial charge < -0.3 is 4.90 Å². The Balaban J connectivity index is 1.23. The van der Waals surface area contributed by atoms with Gasteiger partial charge in [0.1, 0.15) is 5.82 Å². The van der Waals surface area contributed by atoms with Crippen molar-refractivity contribution in [3.05, 3.63) is 107 Å². The highest BCUT2D eigenvalue weighted by Gasteiger charge is 2.45. The molecule has 1 aliphatic carbocycles. The van der Waals surface area contributed by atoms with Crippen molar-refractivity contribution in [3.63, 3.8) is 0 Å². The molecule has 0 amide bonds. The molecule has 0 aromatic heterocycles. The maximum absolute atomic E-state index is 13.3. The molecule has 0 spiro atoms. The number of rotatable bonds is 6. The summed E-state index contributed by atoms with van der Waals surface area (Å²) < 4.78 is 13.3. The number of nitrogens with zero attached hydrogens (tertiary/aromatic N) is 1. The molecule has 2 heteroatoms. The first-order chi connectivity index (χ1) is 14.7. The van der Waals surface area contributed by atoms with Crippen LogP contribution in [0.4, 0.5) is 4.39 Å². The van der Waals surface area contributed by atoms with E-state index in [1.54, 1.807) is 12.1 Å². The van der Waals surface area contributed by atoms with Crippen LogP contribution in [-0.2, 0) is 11.8 Å². The lowest BCUT2D eigenvalue weighted by Crippen LogP contribution is -2.38. The van der Waals surface area contributed by atoms with Crippen molar-refractivity contribution < 1.29 is 4.39 Å². The fraction of sp³-hybridized carbons (Fsp3) is 0.357. The zero-order chi connectivity index (χ0) is 20.4. The van der Waals surface area contributed by atoms with Crippen LogP contribution in [0.2, 0.25) is 0 Å². The van der Waals surface area contributed by atoms with Crippen molar-refractivity contribution in [1.29, 1.82) is 0 Å². The average molecular weight is 400 g/mol. The second kappa shape index (κ2) is 8.35. The van der Waals surface area contributed by atoms with E-state index in [2.05, 4.69) is 59.5 Å². The smallest absolute Gasteiger partial charge is 0.123 e. The van der Waals surface area contributed by atoms with Crippen LogP contribution in [0.3, 0.4) is 0 Å². The summed E-state index contributed by atoms with van der Waals surface area (Å²) in [6, 6.07) is 26.9. The van der Waals surface area contributed by atoms with Crippen molar-refractivity contribution >= 4 is 0 Å². The van der Waals surface area contributed by atoms with Gasteiger partial charge >= 0.3 is 0 Å². The Morgan fingerprint density at radius 3 is 2.17 bits per heavy atom. The zero-order valence-electron chi connectivity index (χ0n) is 17.6. The predicted octanol–water partition coefficient (Wildman–Crippen LogP) is 6.33. The molecule has 1 saturated carbocycles. The molecule has 0 unspecified atom stereocenters. The Bertz CT molecular complexity index is 967. The van der Waals surface area contributed by atoms with E-state index in [1.165, 1.54) is 67.6 Å². The third kappa shape index (κ3) is 4.20. The number of halogens is 1. The Morgan fingerprint density at radius 1 is 0.800 bits per heavy atom. The lowest BCUT2D eigenvalue weighted by molar-refractivity contribution is 0.195. The topological polar surface area (TPSA) is 3.24 Å². The van der Waals surface area contributed by atoms with E-state index in [-0.39, 0.29) is 5.82 Å². The summed E-state index contributed by atoms with van der Waals surface area (Å²) in [6.07, 6.45) is 6.00. The number of benzene rings is 3. The minimum Gasteiger partial charge on any atom is -0.302 e. The highest BCUT2D eigenvalue weighted by Crippen LogP contribution is 2.49. The van der Waals surface area contributed by atoms with Crippen LogP contribution in [0.25, 0.3) is 0 Å². The monoisotopic (exact) mass is 399 g/mol. The molecule has 0 N–H and O–H groups in total. The molecular formula is C28H30FN. The second-order valence-electron chi connectivity index (χ2n) is 9.20. The van der Waals surface area contributed by atoms with E-state index in [4.69, 9.17) is 0 Å². The van der Waals surface area contributed by atoms with E-state index in [0.29, 0.717) is 11.3 Å². The number of hydrogen-bond donors (Lipinski definition) is 0. The molecule has 2 aliphatic rings. The first-order valence-corrected chi connectivity index (χ1v) is 11.3. The van der Waals surface area contributed by atoms with Gasteiger partial charge in [0.25, 0.3) is 0 Å². The largest absolute Gasteiger partial charge is 0.302 e. The molecule has 1 aliphatic heterocycles. The molecule has 0 radical (unpaired) electrons. The Kier molecular flexibility index (Phi) is 5.43. The molecule has 1 saturated heterocycles. The van der Waals surface area contributed by atoms with Crippen LogP contribution in [0, 0.1) is 5.82 Å². The molecule has 30 heavy (non-hydrogen) atoms. The minimum absolute atomic E-state index is 0.164. The van der Waals surface area contributed by atoms with E-state index >= 15 is 0 Å². The van der Waals surface area contributed by atoms with Crippen molar-refractivity contribution in [2.45, 2.75) is 43.4 Å². The van der Waals surface area contributed by atoms with Crippen molar-refractivity contribution in [3.8, 4) is 0 Å². The van der Waals surface area contributed by atoms with Gasteiger partial charge in [-0.15, -0.1) is 0 Å². The summed E-state index contributed by atoms with van der Waals surface area (Å²) in [7, 11) is 0. The number of piperidine rings is 1. The molecule has 154 valence electrons. The molecule has 0 bridgehead atoms. The standard InChI is InChI=1S/C28H30FN/c29-26-12-10-22(11-13-26)20-24-6-4-5-9-27(24)23-14-18-30(19-15-23)21-28(16-17-28)25-7-2-1-3-8-25/h1-13,23H,14-21H2. The van der Waals surface area contributed by atoms with E-state index in [0.717, 1.165) is 6.42 Å². The van der Waals surface area contributed by atoms with Gasteiger partial charge in [-0.1, -0.05) is 66.7 Å². The predicted molar refractivity (Wildman–Crippen MR) is 121 cm³/mol. The molecule has 3 aromatic rings. The van der Waals surface area contributed by atoms with Crippen LogP contribution in [0.5, 0.6) is 0 Å². The van der Waals surface area contributed by atoms with E-state index < -0.39 is 0 Å². The van der Waals surface area contributed by atoms with Crippen molar-refractivity contribution in [2.24, 2.45) is 0 Å². The first kappa shape index (κ1) is 19.5. The fourth-order valence-corrected chi connectivity index (χ4v) is 5.23. The summed E-state index contributed by atoms with van der Waals surface area (Å²) in [4.78, 5) is 2.69. The van der Waals surface area contributed by atoms with Crippen LogP contribution in [0.15, 0.2) is 78.9 Å². The average Bonchev–Trinajstić information content (AvgIpc) is 3.58. The zero-order valence-corrected chi connectivity index (χ0v) is 17.6. The van der Waals surface area contributed by atoms with Gasteiger partial charge in [0, 0.05) is 12.0 Å². The highest BCUT2D eigenvalue weighted by atomic mass is 19.1. The maximum atomic E-state index is 13.3. The van der Waals surface area contributed by atoms with Gasteiger partial charge in [0.15, 0.2) is 0 Å². The highest BCUT2D eigenvalue weighted by molar-refractivity contribution is 5.36.